The minimum Gasteiger partial charge on any atom is -0.497 e. The van der Waals surface area contributed by atoms with Crippen LogP contribution in [0.4, 0.5) is 9.18 Å². The molecule has 2 heterocycles. The Morgan fingerprint density at radius 2 is 2.03 bits per heavy atom. The van der Waals surface area contributed by atoms with Gasteiger partial charge in [0.15, 0.2) is 11.5 Å². The lowest BCUT2D eigenvalue weighted by Gasteiger charge is -2.13. The van der Waals surface area contributed by atoms with Gasteiger partial charge in [-0.1, -0.05) is 6.07 Å². The average Bonchev–Trinajstić information content (AvgIpc) is 3.32. The number of halogens is 1. The van der Waals surface area contributed by atoms with Crippen molar-refractivity contribution in [1.29, 1.82) is 0 Å². The van der Waals surface area contributed by atoms with E-state index >= 15 is 0 Å². The Labute approximate surface area is 180 Å². The standard InChI is InChI=1S/C21H17FN2O6S/c1-28-13-3-4-14(15(22)10-13)19(25)23-6-7-24-20(26)18(31-21(24)27)9-12-2-5-16-17(8-12)30-11-29-16/h2-5,8-10H,6-7,11H2,1H3,(H,23,25)/b18-9+. The Kier molecular flexibility index (Phi) is 5.81. The monoisotopic (exact) mass is 444 g/mol. The Morgan fingerprint density at radius 1 is 1.23 bits per heavy atom. The summed E-state index contributed by atoms with van der Waals surface area (Å²) in [5, 5.41) is 2.07. The number of nitrogens with one attached hydrogen (secondary N) is 1. The second-order valence-electron chi connectivity index (χ2n) is 6.55. The minimum atomic E-state index is -0.727. The van der Waals surface area contributed by atoms with Gasteiger partial charge in [-0.15, -0.1) is 0 Å². The van der Waals surface area contributed by atoms with Crippen molar-refractivity contribution in [2.45, 2.75) is 0 Å². The maximum absolute atomic E-state index is 14.0. The highest BCUT2D eigenvalue weighted by Crippen LogP contribution is 2.36. The van der Waals surface area contributed by atoms with Crippen molar-refractivity contribution in [3.63, 3.8) is 0 Å². The molecule has 1 fully saturated rings. The van der Waals surface area contributed by atoms with Crippen molar-refractivity contribution in [2.75, 3.05) is 27.0 Å². The van der Waals surface area contributed by atoms with E-state index in [2.05, 4.69) is 5.32 Å². The molecular formula is C21H17FN2O6S. The van der Waals surface area contributed by atoms with Gasteiger partial charge in [0.05, 0.1) is 17.6 Å². The van der Waals surface area contributed by atoms with Crippen LogP contribution in [0.1, 0.15) is 15.9 Å². The Morgan fingerprint density at radius 3 is 2.81 bits per heavy atom. The number of hydrogen-bond donors (Lipinski definition) is 1. The SMILES string of the molecule is COc1ccc(C(=O)NCCN2C(=O)S/C(=C/c3ccc4c(c3)OCO4)C2=O)c(F)c1. The lowest BCUT2D eigenvalue weighted by atomic mass is 10.2. The summed E-state index contributed by atoms with van der Waals surface area (Å²) in [5.41, 5.74) is 0.538. The van der Waals surface area contributed by atoms with Gasteiger partial charge in [0.25, 0.3) is 17.1 Å². The number of hydrogen-bond acceptors (Lipinski definition) is 7. The fraction of sp³-hybridized carbons (Fsp3) is 0.190. The van der Waals surface area contributed by atoms with Crippen LogP contribution in [0.2, 0.25) is 0 Å². The smallest absolute Gasteiger partial charge is 0.293 e. The maximum atomic E-state index is 14.0. The molecule has 0 atom stereocenters. The second kappa shape index (κ2) is 8.68. The highest BCUT2D eigenvalue weighted by molar-refractivity contribution is 8.18. The molecule has 0 unspecified atom stereocenters. The molecule has 0 aliphatic carbocycles. The number of ether oxygens (including phenoxy) is 3. The van der Waals surface area contributed by atoms with E-state index in [0.29, 0.717) is 22.8 Å². The molecule has 2 aliphatic heterocycles. The van der Waals surface area contributed by atoms with Crippen LogP contribution < -0.4 is 19.5 Å². The van der Waals surface area contributed by atoms with Crippen LogP contribution in [-0.4, -0.2) is 48.9 Å². The fourth-order valence-corrected chi connectivity index (χ4v) is 3.90. The van der Waals surface area contributed by atoms with Gasteiger partial charge >= 0.3 is 0 Å². The van der Waals surface area contributed by atoms with Crippen LogP contribution in [0.15, 0.2) is 41.3 Å². The summed E-state index contributed by atoms with van der Waals surface area (Å²) < 4.78 is 29.5. The van der Waals surface area contributed by atoms with Gasteiger partial charge in [0.2, 0.25) is 6.79 Å². The van der Waals surface area contributed by atoms with E-state index in [1.165, 1.54) is 19.2 Å². The van der Waals surface area contributed by atoms with Gasteiger partial charge in [-0.3, -0.25) is 19.3 Å². The first-order valence-corrected chi connectivity index (χ1v) is 10.0. The lowest BCUT2D eigenvalue weighted by molar-refractivity contribution is -0.122. The summed E-state index contributed by atoms with van der Waals surface area (Å²) in [7, 11) is 1.39. The summed E-state index contributed by atoms with van der Waals surface area (Å²) >= 11 is 0.812. The highest BCUT2D eigenvalue weighted by Gasteiger charge is 2.34. The summed E-state index contributed by atoms with van der Waals surface area (Å²) in [6, 6.07) is 9.08. The number of amides is 3. The van der Waals surface area contributed by atoms with Crippen molar-refractivity contribution in [3.8, 4) is 17.2 Å². The molecule has 0 radical (unpaired) electrons. The van der Waals surface area contributed by atoms with Gasteiger partial charge in [-0.25, -0.2) is 4.39 Å². The first-order chi connectivity index (χ1) is 15.0. The molecule has 2 aromatic carbocycles. The Balaban J connectivity index is 1.37. The summed E-state index contributed by atoms with van der Waals surface area (Å²) in [6.07, 6.45) is 1.60. The molecule has 31 heavy (non-hydrogen) atoms. The lowest BCUT2D eigenvalue weighted by Crippen LogP contribution is -2.37. The predicted molar refractivity (Wildman–Crippen MR) is 111 cm³/mol. The number of thioether (sulfide) groups is 1. The average molecular weight is 444 g/mol. The molecule has 2 aliphatic rings. The molecule has 1 N–H and O–H groups in total. The predicted octanol–water partition coefficient (Wildman–Crippen LogP) is 3.03. The van der Waals surface area contributed by atoms with E-state index in [0.717, 1.165) is 22.7 Å². The second-order valence-corrected chi connectivity index (χ2v) is 7.54. The van der Waals surface area contributed by atoms with Gasteiger partial charge in [0.1, 0.15) is 11.6 Å². The van der Waals surface area contributed by atoms with Gasteiger partial charge in [-0.2, -0.15) is 0 Å². The minimum absolute atomic E-state index is 0.0142. The summed E-state index contributed by atoms with van der Waals surface area (Å²) in [6.45, 7) is 0.0910. The van der Waals surface area contributed by atoms with E-state index in [1.54, 1.807) is 24.3 Å². The molecule has 8 nitrogen and oxygen atoms in total. The Bertz CT molecular complexity index is 1100. The first kappa shape index (κ1) is 20.7. The molecule has 3 amide bonds. The summed E-state index contributed by atoms with van der Waals surface area (Å²) in [5.74, 6) is -0.355. The number of carbonyl (C=O) groups excluding carboxylic acids is 3. The molecule has 10 heteroatoms. The fourth-order valence-electron chi connectivity index (χ4n) is 3.03. The number of fused-ring (bicyclic) bond motifs is 1. The third kappa shape index (κ3) is 4.33. The zero-order valence-corrected chi connectivity index (χ0v) is 17.2. The zero-order valence-electron chi connectivity index (χ0n) is 16.3. The molecule has 4 rings (SSSR count). The van der Waals surface area contributed by atoms with Crippen LogP contribution >= 0.6 is 11.8 Å². The van der Waals surface area contributed by atoms with Crippen molar-refractivity contribution in [3.05, 3.63) is 58.2 Å². The van der Waals surface area contributed by atoms with Gasteiger partial charge < -0.3 is 19.5 Å². The van der Waals surface area contributed by atoms with Crippen LogP contribution in [0.25, 0.3) is 6.08 Å². The molecule has 0 bridgehead atoms. The largest absolute Gasteiger partial charge is 0.497 e. The van der Waals surface area contributed by atoms with E-state index in [9.17, 15) is 18.8 Å². The van der Waals surface area contributed by atoms with Gasteiger partial charge in [0, 0.05) is 19.2 Å². The van der Waals surface area contributed by atoms with Crippen LogP contribution in [0.3, 0.4) is 0 Å². The van der Waals surface area contributed by atoms with Crippen molar-refractivity contribution in [1.82, 2.24) is 10.2 Å². The molecule has 0 saturated carbocycles. The number of benzene rings is 2. The van der Waals surface area contributed by atoms with Gasteiger partial charge in [-0.05, 0) is 47.7 Å². The molecule has 1 saturated heterocycles. The van der Waals surface area contributed by atoms with Crippen LogP contribution in [0.5, 0.6) is 17.2 Å². The number of nitrogens with zero attached hydrogens (tertiary/aromatic N) is 1. The first-order valence-electron chi connectivity index (χ1n) is 9.23. The van der Waals surface area contributed by atoms with E-state index in [-0.39, 0.29) is 30.4 Å². The van der Waals surface area contributed by atoms with E-state index in [1.807, 2.05) is 0 Å². The number of methoxy groups -OCH3 is 1. The maximum Gasteiger partial charge on any atom is 0.293 e. The van der Waals surface area contributed by atoms with Crippen molar-refractivity contribution < 1.29 is 33.0 Å². The van der Waals surface area contributed by atoms with Crippen molar-refractivity contribution >= 4 is 34.9 Å². The van der Waals surface area contributed by atoms with E-state index < -0.39 is 22.9 Å². The molecule has 2 aromatic rings. The zero-order chi connectivity index (χ0) is 22.0. The summed E-state index contributed by atoms with van der Waals surface area (Å²) in [4.78, 5) is 38.3. The van der Waals surface area contributed by atoms with E-state index in [4.69, 9.17) is 14.2 Å². The molecular weight excluding hydrogens is 427 g/mol. The van der Waals surface area contributed by atoms with Crippen LogP contribution in [0, 0.1) is 5.82 Å². The number of carbonyl (C=O) groups is 3. The highest BCUT2D eigenvalue weighted by atomic mass is 32.2. The number of rotatable bonds is 6. The quantitative estimate of drug-likeness (QED) is 0.685. The van der Waals surface area contributed by atoms with Crippen LogP contribution in [-0.2, 0) is 4.79 Å². The molecule has 0 aromatic heterocycles. The molecule has 160 valence electrons. The number of imide groups is 1. The third-order valence-electron chi connectivity index (χ3n) is 4.61. The topological polar surface area (TPSA) is 94.2 Å². The Hall–Kier alpha value is -3.53. The van der Waals surface area contributed by atoms with Crippen molar-refractivity contribution in [2.24, 2.45) is 0 Å². The normalized spacial score (nSPS) is 16.2. The molecule has 0 spiro atoms. The third-order valence-corrected chi connectivity index (χ3v) is 5.52.